The molecule has 2 aromatic carbocycles. The lowest BCUT2D eigenvalue weighted by Gasteiger charge is -2.43. The average Bonchev–Trinajstić information content (AvgIpc) is 2.99. The van der Waals surface area contributed by atoms with Crippen LogP contribution in [-0.2, 0) is 17.8 Å². The SMILES string of the molecule is C=CC(=O)N1CCN(c2cc(C(=O)NCCN(C)C)nc3c2CCN(c2cccc4cccc(C)c24)C3)C[C@@H]1CC#N. The molecule has 2 aliphatic rings. The van der Waals surface area contributed by atoms with Crippen LogP contribution in [0.2, 0.25) is 0 Å². The largest absolute Gasteiger partial charge is 0.367 e. The molecule has 9 nitrogen and oxygen atoms in total. The van der Waals surface area contributed by atoms with Gasteiger partial charge >= 0.3 is 0 Å². The molecule has 0 bridgehead atoms. The van der Waals surface area contributed by atoms with E-state index >= 15 is 0 Å². The maximum atomic E-state index is 13.3. The first-order valence-electron chi connectivity index (χ1n) is 14.5. The van der Waals surface area contributed by atoms with E-state index in [1.54, 1.807) is 4.90 Å². The van der Waals surface area contributed by atoms with Crippen molar-refractivity contribution in [2.45, 2.75) is 32.4 Å². The number of carbonyl (C=O) groups is 2. The van der Waals surface area contributed by atoms with Crippen LogP contribution >= 0.6 is 0 Å². The minimum Gasteiger partial charge on any atom is -0.367 e. The highest BCUT2D eigenvalue weighted by molar-refractivity contribution is 5.97. The van der Waals surface area contributed by atoms with E-state index in [-0.39, 0.29) is 24.3 Å². The third-order valence-electron chi connectivity index (χ3n) is 8.28. The van der Waals surface area contributed by atoms with E-state index < -0.39 is 0 Å². The molecule has 2 aliphatic heterocycles. The molecular weight excluding hydrogens is 526 g/mol. The van der Waals surface area contributed by atoms with Crippen LogP contribution in [0.15, 0.2) is 55.1 Å². The van der Waals surface area contributed by atoms with E-state index in [1.807, 2.05) is 25.1 Å². The zero-order valence-corrected chi connectivity index (χ0v) is 24.8. The molecule has 9 heteroatoms. The van der Waals surface area contributed by atoms with Gasteiger partial charge in [0.1, 0.15) is 5.69 Å². The minimum absolute atomic E-state index is 0.159. The number of benzene rings is 2. The second-order valence-corrected chi connectivity index (χ2v) is 11.3. The third-order valence-corrected chi connectivity index (χ3v) is 8.28. The number of carbonyl (C=O) groups excluding carboxylic acids is 2. The number of nitrogens with one attached hydrogen (secondary N) is 1. The Bertz CT molecular complexity index is 1540. The summed E-state index contributed by atoms with van der Waals surface area (Å²) in [6, 6.07) is 16.7. The minimum atomic E-state index is -0.255. The Balaban J connectivity index is 1.51. The maximum absolute atomic E-state index is 13.3. The van der Waals surface area contributed by atoms with Gasteiger partial charge in [-0.15, -0.1) is 0 Å². The Kier molecular flexibility index (Phi) is 8.74. The number of aromatic nitrogens is 1. The summed E-state index contributed by atoms with van der Waals surface area (Å²) in [6.07, 6.45) is 2.32. The molecule has 1 saturated heterocycles. The van der Waals surface area contributed by atoms with E-state index in [2.05, 4.69) is 71.1 Å². The number of nitrogens with zero attached hydrogens (tertiary/aromatic N) is 6. The Labute approximate surface area is 248 Å². The van der Waals surface area contributed by atoms with Crippen LogP contribution in [0.1, 0.15) is 33.7 Å². The molecule has 1 N–H and O–H groups in total. The first-order valence-corrected chi connectivity index (χ1v) is 14.5. The molecule has 3 aromatic rings. The summed E-state index contributed by atoms with van der Waals surface area (Å²) in [4.78, 5) is 39.1. The summed E-state index contributed by atoms with van der Waals surface area (Å²) in [6.45, 7) is 10.0. The number of anilines is 2. The van der Waals surface area contributed by atoms with E-state index in [4.69, 9.17) is 4.98 Å². The van der Waals surface area contributed by atoms with Gasteiger partial charge in [-0.1, -0.05) is 36.9 Å². The number of nitriles is 1. The zero-order chi connectivity index (χ0) is 29.8. The van der Waals surface area contributed by atoms with Crippen molar-refractivity contribution in [2.24, 2.45) is 0 Å². The lowest BCUT2D eigenvalue weighted by molar-refractivity contribution is -0.128. The van der Waals surface area contributed by atoms with Crippen LogP contribution in [0.5, 0.6) is 0 Å². The number of likely N-dealkylation sites (N-methyl/N-ethyl adjacent to an activating group) is 1. The maximum Gasteiger partial charge on any atom is 0.270 e. The predicted molar refractivity (Wildman–Crippen MR) is 167 cm³/mol. The molecule has 0 saturated carbocycles. The molecule has 0 unspecified atom stereocenters. The van der Waals surface area contributed by atoms with Crippen LogP contribution in [0, 0.1) is 18.3 Å². The number of hydrogen-bond donors (Lipinski definition) is 1. The van der Waals surface area contributed by atoms with Crippen LogP contribution in [0.3, 0.4) is 0 Å². The summed E-state index contributed by atoms with van der Waals surface area (Å²) in [7, 11) is 3.94. The van der Waals surface area contributed by atoms with Crippen LogP contribution in [0.4, 0.5) is 11.4 Å². The molecule has 1 fully saturated rings. The Hall–Kier alpha value is -4.42. The topological polar surface area (TPSA) is 95.8 Å². The van der Waals surface area contributed by atoms with E-state index in [0.29, 0.717) is 38.4 Å². The highest BCUT2D eigenvalue weighted by atomic mass is 16.2. The number of piperazine rings is 1. The molecule has 0 radical (unpaired) electrons. The summed E-state index contributed by atoms with van der Waals surface area (Å²) in [5.41, 5.74) is 5.79. The smallest absolute Gasteiger partial charge is 0.270 e. The van der Waals surface area contributed by atoms with Crippen molar-refractivity contribution < 1.29 is 9.59 Å². The molecular formula is C33H39N7O2. The highest BCUT2D eigenvalue weighted by Crippen LogP contribution is 2.36. The fraction of sp³-hybridized carbons (Fsp3) is 0.394. The lowest BCUT2D eigenvalue weighted by atomic mass is 9.97. The number of amides is 2. The fourth-order valence-electron chi connectivity index (χ4n) is 6.14. The van der Waals surface area contributed by atoms with Crippen molar-refractivity contribution in [3.8, 4) is 6.07 Å². The molecule has 1 atom stereocenters. The van der Waals surface area contributed by atoms with E-state index in [0.717, 1.165) is 36.5 Å². The van der Waals surface area contributed by atoms with Gasteiger partial charge < -0.3 is 24.9 Å². The first kappa shape index (κ1) is 29.1. The van der Waals surface area contributed by atoms with Crippen molar-refractivity contribution in [2.75, 3.05) is 63.2 Å². The van der Waals surface area contributed by atoms with Gasteiger partial charge in [0.25, 0.3) is 5.91 Å². The van der Waals surface area contributed by atoms with Gasteiger partial charge in [0.05, 0.1) is 30.8 Å². The van der Waals surface area contributed by atoms with Gasteiger partial charge in [0.15, 0.2) is 0 Å². The van der Waals surface area contributed by atoms with Gasteiger partial charge in [-0.3, -0.25) is 9.59 Å². The third kappa shape index (κ3) is 5.95. The Morgan fingerprint density at radius 3 is 2.67 bits per heavy atom. The van der Waals surface area contributed by atoms with Crippen molar-refractivity contribution in [3.63, 3.8) is 0 Å². The van der Waals surface area contributed by atoms with Crippen LogP contribution in [0.25, 0.3) is 10.8 Å². The molecule has 1 aromatic heterocycles. The van der Waals surface area contributed by atoms with E-state index in [9.17, 15) is 14.9 Å². The fourth-order valence-corrected chi connectivity index (χ4v) is 6.14. The molecule has 3 heterocycles. The molecule has 5 rings (SSSR count). The molecule has 42 heavy (non-hydrogen) atoms. The van der Waals surface area contributed by atoms with Gasteiger partial charge in [0, 0.05) is 61.6 Å². The average molecular weight is 566 g/mol. The molecule has 218 valence electrons. The van der Waals surface area contributed by atoms with Crippen molar-refractivity contribution in [3.05, 3.63) is 77.6 Å². The highest BCUT2D eigenvalue weighted by Gasteiger charge is 2.33. The second kappa shape index (κ2) is 12.6. The number of pyridine rings is 1. The standard InChI is InChI=1S/C33H39N7O2/c1-5-31(41)40-19-18-39(21-25(40)12-14-34)30-20-27(33(42)35-15-17-37(3)4)36-28-22-38(16-13-26(28)30)29-11-7-10-24-9-6-8-23(2)32(24)29/h5-11,20,25H,1,12-13,15-19,21-22H2,2-4H3,(H,35,42)/t25-/m0/s1. The Morgan fingerprint density at radius 2 is 1.93 bits per heavy atom. The normalized spacial score (nSPS) is 16.7. The molecule has 2 amide bonds. The Morgan fingerprint density at radius 1 is 1.14 bits per heavy atom. The summed E-state index contributed by atoms with van der Waals surface area (Å²) < 4.78 is 0. The quantitative estimate of drug-likeness (QED) is 0.418. The van der Waals surface area contributed by atoms with Crippen LogP contribution in [-0.4, -0.2) is 86.0 Å². The summed E-state index contributed by atoms with van der Waals surface area (Å²) in [5.74, 6) is -0.360. The first-order chi connectivity index (χ1) is 20.3. The summed E-state index contributed by atoms with van der Waals surface area (Å²) in [5, 5.41) is 15.0. The van der Waals surface area contributed by atoms with Crippen molar-refractivity contribution >= 4 is 34.0 Å². The number of fused-ring (bicyclic) bond motifs is 2. The number of rotatable bonds is 8. The van der Waals surface area contributed by atoms with Gasteiger partial charge in [-0.05, 0) is 56.6 Å². The van der Waals surface area contributed by atoms with Gasteiger partial charge in [-0.2, -0.15) is 5.26 Å². The van der Waals surface area contributed by atoms with Crippen LogP contribution < -0.4 is 15.1 Å². The van der Waals surface area contributed by atoms with Gasteiger partial charge in [0.2, 0.25) is 5.91 Å². The molecule has 0 spiro atoms. The summed E-state index contributed by atoms with van der Waals surface area (Å²) >= 11 is 0. The van der Waals surface area contributed by atoms with Crippen molar-refractivity contribution in [1.29, 1.82) is 5.26 Å². The number of aryl methyl sites for hydroxylation is 1. The number of hydrogen-bond acceptors (Lipinski definition) is 7. The lowest BCUT2D eigenvalue weighted by Crippen LogP contribution is -2.55. The van der Waals surface area contributed by atoms with E-state index in [1.165, 1.54) is 28.1 Å². The zero-order valence-electron chi connectivity index (χ0n) is 24.8. The second-order valence-electron chi connectivity index (χ2n) is 11.3. The monoisotopic (exact) mass is 565 g/mol. The predicted octanol–water partition coefficient (Wildman–Crippen LogP) is 3.51. The van der Waals surface area contributed by atoms with Crippen molar-refractivity contribution in [1.82, 2.24) is 20.1 Å². The van der Waals surface area contributed by atoms with Gasteiger partial charge in [-0.25, -0.2) is 4.98 Å². The molecule has 0 aliphatic carbocycles.